The Balaban J connectivity index is 2.49. The van der Waals surface area contributed by atoms with Crippen LogP contribution in [-0.4, -0.2) is 21.8 Å². The highest BCUT2D eigenvalue weighted by molar-refractivity contribution is 7.99. The number of rotatable bonds is 4. The van der Waals surface area contributed by atoms with Crippen LogP contribution in [0.1, 0.15) is 12.6 Å². The zero-order valence-corrected chi connectivity index (χ0v) is 9.04. The smallest absolute Gasteiger partial charge is 0.307 e. The van der Waals surface area contributed by atoms with Crippen molar-refractivity contribution in [3.8, 4) is 0 Å². The van der Waals surface area contributed by atoms with Gasteiger partial charge in [0, 0.05) is 22.5 Å². The van der Waals surface area contributed by atoms with Crippen molar-refractivity contribution in [1.29, 1.82) is 0 Å². The molecule has 0 aromatic carbocycles. The summed E-state index contributed by atoms with van der Waals surface area (Å²) >= 11 is 1.55. The number of hydrogen-bond donors (Lipinski definition) is 1. The van der Waals surface area contributed by atoms with Crippen molar-refractivity contribution in [2.45, 2.75) is 18.7 Å². The number of carboxylic acids is 1. The van der Waals surface area contributed by atoms with Crippen molar-refractivity contribution in [3.05, 3.63) is 24.0 Å². The molecule has 1 aromatic heterocycles. The molecule has 76 valence electrons. The molecule has 0 aliphatic heterocycles. The minimum Gasteiger partial charge on any atom is -0.481 e. The predicted molar refractivity (Wildman–Crippen MR) is 56.5 cm³/mol. The Labute approximate surface area is 87.6 Å². The van der Waals surface area contributed by atoms with E-state index in [1.165, 1.54) is 0 Å². The Hall–Kier alpha value is -1.03. The summed E-state index contributed by atoms with van der Waals surface area (Å²) in [5, 5.41) is 8.69. The van der Waals surface area contributed by atoms with E-state index in [-0.39, 0.29) is 5.92 Å². The van der Waals surface area contributed by atoms with Gasteiger partial charge in [-0.1, -0.05) is 6.92 Å². The SMILES string of the molecule is Cc1cc(SCC(C)C(=O)O)ccn1. The summed E-state index contributed by atoms with van der Waals surface area (Å²) in [6, 6.07) is 3.85. The first kappa shape index (κ1) is 11.0. The molecule has 0 amide bonds. The molecule has 3 nitrogen and oxygen atoms in total. The molecule has 0 fully saturated rings. The summed E-state index contributed by atoms with van der Waals surface area (Å²) in [5.41, 5.74) is 0.956. The highest BCUT2D eigenvalue weighted by Gasteiger charge is 2.10. The lowest BCUT2D eigenvalue weighted by Gasteiger charge is -2.05. The number of hydrogen-bond acceptors (Lipinski definition) is 3. The second-order valence-corrected chi connectivity index (χ2v) is 4.28. The Kier molecular flexibility index (Phi) is 3.95. The van der Waals surface area contributed by atoms with Crippen LogP contribution >= 0.6 is 11.8 Å². The van der Waals surface area contributed by atoms with E-state index in [1.54, 1.807) is 24.9 Å². The first-order valence-electron chi connectivity index (χ1n) is 4.38. The van der Waals surface area contributed by atoms with Gasteiger partial charge in [-0.25, -0.2) is 0 Å². The third-order valence-corrected chi connectivity index (χ3v) is 3.04. The molecule has 4 heteroatoms. The van der Waals surface area contributed by atoms with Gasteiger partial charge in [-0.3, -0.25) is 9.78 Å². The van der Waals surface area contributed by atoms with Gasteiger partial charge in [-0.2, -0.15) is 0 Å². The number of nitrogens with zero attached hydrogens (tertiary/aromatic N) is 1. The number of carboxylic acid groups (broad SMARTS) is 1. The van der Waals surface area contributed by atoms with Crippen LogP contribution in [0.15, 0.2) is 23.2 Å². The quantitative estimate of drug-likeness (QED) is 0.776. The van der Waals surface area contributed by atoms with Crippen LogP contribution in [0, 0.1) is 12.8 Å². The molecular formula is C10H13NO2S. The minimum absolute atomic E-state index is 0.312. The lowest BCUT2D eigenvalue weighted by atomic mass is 10.2. The normalized spacial score (nSPS) is 12.4. The second kappa shape index (κ2) is 5.00. The van der Waals surface area contributed by atoms with Gasteiger partial charge in [0.1, 0.15) is 0 Å². The van der Waals surface area contributed by atoms with Gasteiger partial charge < -0.3 is 5.11 Å². The summed E-state index contributed by atoms with van der Waals surface area (Å²) in [7, 11) is 0. The Bertz CT molecular complexity index is 328. The van der Waals surface area contributed by atoms with Crippen molar-refractivity contribution in [3.63, 3.8) is 0 Å². The molecule has 14 heavy (non-hydrogen) atoms. The molecule has 0 radical (unpaired) electrons. The molecule has 1 aromatic rings. The molecule has 0 saturated heterocycles. The van der Waals surface area contributed by atoms with Crippen molar-refractivity contribution >= 4 is 17.7 Å². The summed E-state index contributed by atoms with van der Waals surface area (Å²) in [6.07, 6.45) is 1.74. The first-order valence-corrected chi connectivity index (χ1v) is 5.36. The van der Waals surface area contributed by atoms with E-state index in [1.807, 2.05) is 19.1 Å². The average molecular weight is 211 g/mol. The molecule has 1 rings (SSSR count). The lowest BCUT2D eigenvalue weighted by molar-refractivity contribution is -0.140. The number of aromatic nitrogens is 1. The second-order valence-electron chi connectivity index (χ2n) is 3.18. The molecule has 0 bridgehead atoms. The van der Waals surface area contributed by atoms with Gasteiger partial charge in [0.25, 0.3) is 0 Å². The van der Waals surface area contributed by atoms with Crippen LogP contribution in [0.25, 0.3) is 0 Å². The van der Waals surface area contributed by atoms with Crippen LogP contribution in [0.5, 0.6) is 0 Å². The molecule has 1 unspecified atom stereocenters. The van der Waals surface area contributed by atoms with Gasteiger partial charge in [-0.05, 0) is 19.1 Å². The molecule has 0 aliphatic rings. The van der Waals surface area contributed by atoms with Crippen molar-refractivity contribution in [1.82, 2.24) is 4.98 Å². The molecular weight excluding hydrogens is 198 g/mol. The predicted octanol–water partition coefficient (Wildman–Crippen LogP) is 2.20. The third kappa shape index (κ3) is 3.38. The lowest BCUT2D eigenvalue weighted by Crippen LogP contribution is -2.11. The maximum Gasteiger partial charge on any atom is 0.307 e. The summed E-state index contributed by atoms with van der Waals surface area (Å²) in [6.45, 7) is 3.63. The van der Waals surface area contributed by atoms with Gasteiger partial charge >= 0.3 is 5.97 Å². The molecule has 1 N–H and O–H groups in total. The van der Waals surface area contributed by atoms with E-state index in [0.29, 0.717) is 5.75 Å². The third-order valence-electron chi connectivity index (χ3n) is 1.79. The van der Waals surface area contributed by atoms with Gasteiger partial charge in [0.05, 0.1) is 5.92 Å². The Morgan fingerprint density at radius 1 is 1.71 bits per heavy atom. The van der Waals surface area contributed by atoms with E-state index in [9.17, 15) is 4.79 Å². The highest BCUT2D eigenvalue weighted by Crippen LogP contribution is 2.20. The van der Waals surface area contributed by atoms with Crippen LogP contribution in [0.3, 0.4) is 0 Å². The minimum atomic E-state index is -0.747. The summed E-state index contributed by atoms with van der Waals surface area (Å²) < 4.78 is 0. The fourth-order valence-electron chi connectivity index (χ4n) is 0.902. The monoisotopic (exact) mass is 211 g/mol. The largest absolute Gasteiger partial charge is 0.481 e. The van der Waals surface area contributed by atoms with E-state index < -0.39 is 5.97 Å². The number of pyridine rings is 1. The van der Waals surface area contributed by atoms with Gasteiger partial charge in [-0.15, -0.1) is 11.8 Å². The number of thioether (sulfide) groups is 1. The fourth-order valence-corrected chi connectivity index (χ4v) is 1.90. The standard InChI is InChI=1S/C10H13NO2S/c1-7(10(12)13)6-14-9-3-4-11-8(2)5-9/h3-5,7H,6H2,1-2H3,(H,12,13). The van der Waals surface area contributed by atoms with E-state index >= 15 is 0 Å². The van der Waals surface area contributed by atoms with Crippen LogP contribution in [0.2, 0.25) is 0 Å². The fraction of sp³-hybridized carbons (Fsp3) is 0.400. The number of aliphatic carboxylic acids is 1. The number of aryl methyl sites for hydroxylation is 1. The Morgan fingerprint density at radius 3 is 3.00 bits per heavy atom. The summed E-state index contributed by atoms with van der Waals surface area (Å²) in [5.74, 6) is -0.463. The number of carbonyl (C=O) groups is 1. The molecule has 0 saturated carbocycles. The van der Waals surface area contributed by atoms with Crippen LogP contribution < -0.4 is 0 Å². The molecule has 0 spiro atoms. The maximum atomic E-state index is 10.6. The van der Waals surface area contributed by atoms with Gasteiger partial charge in [0.2, 0.25) is 0 Å². The first-order chi connectivity index (χ1) is 6.59. The van der Waals surface area contributed by atoms with E-state index in [2.05, 4.69) is 4.98 Å². The van der Waals surface area contributed by atoms with E-state index in [4.69, 9.17) is 5.11 Å². The van der Waals surface area contributed by atoms with E-state index in [0.717, 1.165) is 10.6 Å². The molecule has 0 aliphatic carbocycles. The van der Waals surface area contributed by atoms with Crippen LogP contribution in [0.4, 0.5) is 0 Å². The maximum absolute atomic E-state index is 10.6. The van der Waals surface area contributed by atoms with Crippen molar-refractivity contribution < 1.29 is 9.90 Å². The zero-order valence-electron chi connectivity index (χ0n) is 8.23. The topological polar surface area (TPSA) is 50.2 Å². The van der Waals surface area contributed by atoms with Crippen molar-refractivity contribution in [2.75, 3.05) is 5.75 Å². The highest BCUT2D eigenvalue weighted by atomic mass is 32.2. The molecule has 1 heterocycles. The Morgan fingerprint density at radius 2 is 2.43 bits per heavy atom. The molecule has 1 atom stereocenters. The van der Waals surface area contributed by atoms with Crippen molar-refractivity contribution in [2.24, 2.45) is 5.92 Å². The van der Waals surface area contributed by atoms with Gasteiger partial charge in [0.15, 0.2) is 0 Å². The average Bonchev–Trinajstić information content (AvgIpc) is 2.14. The summed E-state index contributed by atoms with van der Waals surface area (Å²) in [4.78, 5) is 15.7. The zero-order chi connectivity index (χ0) is 10.6. The van der Waals surface area contributed by atoms with Crippen LogP contribution in [-0.2, 0) is 4.79 Å².